The molecule has 3 aromatic rings. The van der Waals surface area contributed by atoms with E-state index in [4.69, 9.17) is 27.7 Å². The van der Waals surface area contributed by atoms with Gasteiger partial charge >= 0.3 is 0 Å². The minimum atomic E-state index is -3.50. The molecule has 0 fully saturated rings. The lowest BCUT2D eigenvalue weighted by Crippen LogP contribution is -2.10. The number of benzene rings is 1. The van der Waals surface area contributed by atoms with E-state index >= 15 is 0 Å². The zero-order valence-electron chi connectivity index (χ0n) is 12.6. The summed E-state index contributed by atoms with van der Waals surface area (Å²) in [4.78, 5) is 12.3. The molecule has 1 amide bonds. The van der Waals surface area contributed by atoms with Gasteiger partial charge in [0.1, 0.15) is 10.6 Å². The van der Waals surface area contributed by atoms with Crippen molar-refractivity contribution in [3.8, 4) is 11.3 Å². The highest BCUT2D eigenvalue weighted by Gasteiger charge is 2.23. The Morgan fingerprint density at radius 1 is 1.24 bits per heavy atom. The first-order valence-corrected chi connectivity index (χ1v) is 10.3. The molecule has 1 aromatic carbocycles. The number of hydrogen-bond acceptors (Lipinski definition) is 6. The first kappa shape index (κ1) is 17.9. The monoisotopic (exact) mass is 416 g/mol. The standard InChI is InChI=1S/C15H10Cl2N2O4S2/c1-25(21,22)11-7-24-14(13(11)17)15(20)18-12-6-10(19-23-12)8-2-4-9(16)5-3-8/h2-7H,1H3,(H,18,20). The highest BCUT2D eigenvalue weighted by atomic mass is 35.5. The third-order valence-corrected chi connectivity index (χ3v) is 6.31. The molecule has 2 aromatic heterocycles. The van der Waals surface area contributed by atoms with Crippen LogP contribution in [0.4, 0.5) is 5.88 Å². The zero-order chi connectivity index (χ0) is 18.2. The predicted molar refractivity (Wildman–Crippen MR) is 97.3 cm³/mol. The number of halogens is 2. The number of nitrogens with zero attached hydrogens (tertiary/aromatic N) is 1. The second-order valence-corrected chi connectivity index (χ2v) is 8.73. The summed E-state index contributed by atoms with van der Waals surface area (Å²) in [5, 5.41) is 8.18. The number of nitrogens with one attached hydrogen (secondary N) is 1. The van der Waals surface area contributed by atoms with Crippen LogP contribution in [0.3, 0.4) is 0 Å². The highest BCUT2D eigenvalue weighted by molar-refractivity contribution is 7.91. The van der Waals surface area contributed by atoms with Crippen LogP contribution in [-0.4, -0.2) is 25.7 Å². The summed E-state index contributed by atoms with van der Waals surface area (Å²) in [6.45, 7) is 0. The molecule has 0 aliphatic rings. The normalized spacial score (nSPS) is 11.5. The van der Waals surface area contributed by atoms with Crippen LogP contribution in [0.2, 0.25) is 10.0 Å². The summed E-state index contributed by atoms with van der Waals surface area (Å²) in [6, 6.07) is 8.49. The number of anilines is 1. The molecule has 25 heavy (non-hydrogen) atoms. The average Bonchev–Trinajstić information content (AvgIpc) is 3.14. The van der Waals surface area contributed by atoms with Crippen LogP contribution in [0.25, 0.3) is 11.3 Å². The van der Waals surface area contributed by atoms with E-state index in [9.17, 15) is 13.2 Å². The summed E-state index contributed by atoms with van der Waals surface area (Å²) in [5.41, 5.74) is 1.28. The van der Waals surface area contributed by atoms with E-state index in [2.05, 4.69) is 10.5 Å². The second kappa shape index (κ2) is 6.80. The lowest BCUT2D eigenvalue weighted by atomic mass is 10.1. The zero-order valence-corrected chi connectivity index (χ0v) is 15.8. The number of aromatic nitrogens is 1. The second-order valence-electron chi connectivity index (χ2n) is 5.05. The number of rotatable bonds is 4. The Morgan fingerprint density at radius 2 is 1.92 bits per heavy atom. The first-order valence-electron chi connectivity index (χ1n) is 6.77. The lowest BCUT2D eigenvalue weighted by molar-refractivity contribution is 0.102. The molecule has 0 atom stereocenters. The maximum Gasteiger partial charge on any atom is 0.269 e. The van der Waals surface area contributed by atoms with Gasteiger partial charge in [-0.3, -0.25) is 10.1 Å². The van der Waals surface area contributed by atoms with Crippen LogP contribution in [0.5, 0.6) is 0 Å². The molecular formula is C15H10Cl2N2O4S2. The molecule has 0 aliphatic carbocycles. The van der Waals surface area contributed by atoms with Gasteiger partial charge in [-0.05, 0) is 12.1 Å². The molecule has 0 aliphatic heterocycles. The van der Waals surface area contributed by atoms with Gasteiger partial charge in [0.05, 0.1) is 9.92 Å². The smallest absolute Gasteiger partial charge is 0.269 e. The van der Waals surface area contributed by atoms with Crippen LogP contribution < -0.4 is 5.32 Å². The number of amides is 1. The molecule has 1 N–H and O–H groups in total. The molecule has 3 rings (SSSR count). The van der Waals surface area contributed by atoms with E-state index in [1.165, 1.54) is 5.38 Å². The first-order chi connectivity index (χ1) is 11.8. The lowest BCUT2D eigenvalue weighted by Gasteiger charge is -1.99. The van der Waals surface area contributed by atoms with Crippen molar-refractivity contribution in [2.75, 3.05) is 11.6 Å². The quantitative estimate of drug-likeness (QED) is 0.681. The average molecular weight is 417 g/mol. The van der Waals surface area contributed by atoms with E-state index in [-0.39, 0.29) is 20.7 Å². The number of carbonyl (C=O) groups excluding carboxylic acids is 1. The van der Waals surface area contributed by atoms with Gasteiger partial charge in [0.25, 0.3) is 5.91 Å². The molecule has 2 heterocycles. The molecule has 10 heteroatoms. The van der Waals surface area contributed by atoms with Crippen molar-refractivity contribution in [2.24, 2.45) is 0 Å². The SMILES string of the molecule is CS(=O)(=O)c1csc(C(=O)Nc2cc(-c3ccc(Cl)cc3)no2)c1Cl. The van der Waals surface area contributed by atoms with Gasteiger partial charge < -0.3 is 4.52 Å². The Kier molecular flexibility index (Phi) is 4.88. The van der Waals surface area contributed by atoms with Gasteiger partial charge in [0, 0.05) is 28.3 Å². The van der Waals surface area contributed by atoms with Crippen LogP contribution >= 0.6 is 34.5 Å². The van der Waals surface area contributed by atoms with E-state index in [1.807, 2.05) is 0 Å². The van der Waals surface area contributed by atoms with Crippen LogP contribution in [0.1, 0.15) is 9.67 Å². The van der Waals surface area contributed by atoms with Crippen molar-refractivity contribution in [1.82, 2.24) is 5.16 Å². The van der Waals surface area contributed by atoms with Gasteiger partial charge in [-0.1, -0.05) is 40.5 Å². The van der Waals surface area contributed by atoms with Gasteiger partial charge in [-0.2, -0.15) is 0 Å². The van der Waals surface area contributed by atoms with Crippen molar-refractivity contribution in [1.29, 1.82) is 0 Å². The maximum absolute atomic E-state index is 12.3. The molecule has 0 saturated heterocycles. The van der Waals surface area contributed by atoms with Crippen LogP contribution in [0, 0.1) is 0 Å². The number of sulfone groups is 1. The highest BCUT2D eigenvalue weighted by Crippen LogP contribution is 2.32. The summed E-state index contributed by atoms with van der Waals surface area (Å²) in [6.07, 6.45) is 1.03. The Labute approximate surface area is 157 Å². The van der Waals surface area contributed by atoms with Crippen LogP contribution in [-0.2, 0) is 9.84 Å². The maximum atomic E-state index is 12.3. The molecule has 0 unspecified atom stereocenters. The fourth-order valence-electron chi connectivity index (χ4n) is 1.99. The summed E-state index contributed by atoms with van der Waals surface area (Å²) >= 11 is 12.8. The third kappa shape index (κ3) is 3.87. The van der Waals surface area contributed by atoms with E-state index in [0.29, 0.717) is 10.7 Å². The van der Waals surface area contributed by atoms with Gasteiger partial charge in [-0.25, -0.2) is 8.42 Å². The van der Waals surface area contributed by atoms with Crippen molar-refractivity contribution >= 4 is 56.2 Å². The van der Waals surface area contributed by atoms with Crippen LogP contribution in [0.15, 0.2) is 45.1 Å². The van der Waals surface area contributed by atoms with Gasteiger partial charge in [0.2, 0.25) is 5.88 Å². The van der Waals surface area contributed by atoms with Crippen molar-refractivity contribution in [3.05, 3.63) is 50.6 Å². The Bertz CT molecular complexity index is 1040. The fourth-order valence-corrected chi connectivity index (χ4v) is 4.93. The Hall–Kier alpha value is -1.87. The summed E-state index contributed by atoms with van der Waals surface area (Å²) < 4.78 is 28.3. The number of hydrogen-bond donors (Lipinski definition) is 1. The topological polar surface area (TPSA) is 89.3 Å². The largest absolute Gasteiger partial charge is 0.338 e. The third-order valence-electron chi connectivity index (χ3n) is 3.19. The molecule has 0 radical (unpaired) electrons. The number of carbonyl (C=O) groups is 1. The molecule has 130 valence electrons. The Balaban J connectivity index is 1.81. The summed E-state index contributed by atoms with van der Waals surface area (Å²) in [5.74, 6) is -0.468. The van der Waals surface area contributed by atoms with Crippen molar-refractivity contribution in [3.63, 3.8) is 0 Å². The van der Waals surface area contributed by atoms with E-state index in [1.54, 1.807) is 30.3 Å². The fraction of sp³-hybridized carbons (Fsp3) is 0.0667. The molecule has 0 bridgehead atoms. The molecular weight excluding hydrogens is 407 g/mol. The predicted octanol–water partition coefficient (Wildman–Crippen LogP) is 4.37. The van der Waals surface area contributed by atoms with E-state index in [0.717, 1.165) is 23.2 Å². The molecule has 0 saturated carbocycles. The summed E-state index contributed by atoms with van der Waals surface area (Å²) in [7, 11) is -3.50. The van der Waals surface area contributed by atoms with E-state index < -0.39 is 15.7 Å². The molecule has 6 nitrogen and oxygen atoms in total. The van der Waals surface area contributed by atoms with Crippen molar-refractivity contribution < 1.29 is 17.7 Å². The molecule has 0 spiro atoms. The van der Waals surface area contributed by atoms with Gasteiger partial charge in [-0.15, -0.1) is 11.3 Å². The van der Waals surface area contributed by atoms with Gasteiger partial charge in [0.15, 0.2) is 9.84 Å². The minimum Gasteiger partial charge on any atom is -0.338 e. The Morgan fingerprint density at radius 3 is 2.52 bits per heavy atom. The van der Waals surface area contributed by atoms with Crippen molar-refractivity contribution in [2.45, 2.75) is 4.90 Å². The number of thiophene rings is 1. The minimum absolute atomic E-state index is 0.0755.